The van der Waals surface area contributed by atoms with Crippen LogP contribution in [-0.2, 0) is 15.3 Å². The minimum absolute atomic E-state index is 0.282. The summed E-state index contributed by atoms with van der Waals surface area (Å²) < 4.78 is 5.46. The van der Waals surface area contributed by atoms with Crippen molar-refractivity contribution in [3.63, 3.8) is 0 Å². The molecule has 1 aromatic carbocycles. The molecule has 0 aliphatic carbocycles. The molecule has 1 fully saturated rings. The lowest BCUT2D eigenvalue weighted by Crippen LogP contribution is -2.56. The van der Waals surface area contributed by atoms with Gasteiger partial charge in [0, 0.05) is 30.4 Å². The first-order valence-electron chi connectivity index (χ1n) is 7.53. The molecule has 1 atom stereocenters. The molecule has 0 radical (unpaired) electrons. The summed E-state index contributed by atoms with van der Waals surface area (Å²) in [4.78, 5) is 8.49. The minimum Gasteiger partial charge on any atom is -0.510 e. The van der Waals surface area contributed by atoms with E-state index in [1.165, 1.54) is 0 Å². The average Bonchev–Trinajstić information content (AvgIpc) is 2.56. The van der Waals surface area contributed by atoms with E-state index in [2.05, 4.69) is 11.5 Å². The summed E-state index contributed by atoms with van der Waals surface area (Å²) in [5.74, 6) is 0.282. The maximum Gasteiger partial charge on any atom is 0.197 e. The van der Waals surface area contributed by atoms with Gasteiger partial charge in [0.15, 0.2) is 5.72 Å². The fraction of sp³-hybridized carbons (Fsp3) is 0.412. The monoisotopic (exact) mass is 302 g/mol. The van der Waals surface area contributed by atoms with Crippen LogP contribution >= 0.6 is 0 Å². The molecule has 22 heavy (non-hydrogen) atoms. The SMILES string of the molecule is C=C(C)N1CC(O)=CC(c2ccccc2)(N2CCOCC2)O1. The Morgan fingerprint density at radius 1 is 1.23 bits per heavy atom. The van der Waals surface area contributed by atoms with Crippen molar-refractivity contribution >= 4 is 0 Å². The Balaban J connectivity index is 2.06. The number of rotatable bonds is 3. The zero-order chi connectivity index (χ0) is 15.6. The largest absolute Gasteiger partial charge is 0.510 e. The number of hydrogen-bond acceptors (Lipinski definition) is 5. The highest BCUT2D eigenvalue weighted by molar-refractivity contribution is 5.29. The van der Waals surface area contributed by atoms with E-state index in [0.717, 1.165) is 24.4 Å². The molecule has 1 unspecified atom stereocenters. The fourth-order valence-corrected chi connectivity index (χ4v) is 2.90. The highest BCUT2D eigenvalue weighted by Crippen LogP contribution is 2.37. The van der Waals surface area contributed by atoms with E-state index in [1.54, 1.807) is 11.1 Å². The molecule has 1 aromatic rings. The molecule has 1 N–H and O–H groups in total. The lowest BCUT2D eigenvalue weighted by atomic mass is 9.98. The summed E-state index contributed by atoms with van der Waals surface area (Å²) in [5.41, 5.74) is 0.911. The van der Waals surface area contributed by atoms with Crippen molar-refractivity contribution in [3.05, 3.63) is 60.0 Å². The minimum atomic E-state index is -0.827. The van der Waals surface area contributed by atoms with Gasteiger partial charge in [-0.2, -0.15) is 0 Å². The molecular formula is C17H22N2O3. The predicted octanol–water partition coefficient (Wildman–Crippen LogP) is 2.39. The first-order valence-corrected chi connectivity index (χ1v) is 7.53. The van der Waals surface area contributed by atoms with Crippen LogP contribution in [-0.4, -0.2) is 47.9 Å². The number of nitrogens with zero attached hydrogens (tertiary/aromatic N) is 2. The van der Waals surface area contributed by atoms with Crippen molar-refractivity contribution in [2.45, 2.75) is 12.6 Å². The molecule has 118 valence electrons. The number of hydrogen-bond donors (Lipinski definition) is 1. The van der Waals surface area contributed by atoms with Gasteiger partial charge in [0.1, 0.15) is 12.3 Å². The zero-order valence-corrected chi connectivity index (χ0v) is 12.9. The molecule has 2 aliphatic heterocycles. The molecule has 0 saturated carbocycles. The third-order valence-corrected chi connectivity index (χ3v) is 4.01. The Morgan fingerprint density at radius 3 is 2.55 bits per heavy atom. The van der Waals surface area contributed by atoms with Gasteiger partial charge in [-0.1, -0.05) is 36.9 Å². The van der Waals surface area contributed by atoms with Gasteiger partial charge in [-0.05, 0) is 6.92 Å². The van der Waals surface area contributed by atoms with Gasteiger partial charge in [-0.15, -0.1) is 0 Å². The smallest absolute Gasteiger partial charge is 0.197 e. The second-order valence-electron chi connectivity index (χ2n) is 5.66. The molecule has 3 rings (SSSR count). The van der Waals surface area contributed by atoms with E-state index >= 15 is 0 Å². The molecule has 0 aromatic heterocycles. The fourth-order valence-electron chi connectivity index (χ4n) is 2.90. The van der Waals surface area contributed by atoms with E-state index in [4.69, 9.17) is 9.57 Å². The quantitative estimate of drug-likeness (QED) is 0.929. The van der Waals surface area contributed by atoms with Crippen molar-refractivity contribution in [2.75, 3.05) is 32.8 Å². The molecule has 1 saturated heterocycles. The van der Waals surface area contributed by atoms with Gasteiger partial charge in [0.25, 0.3) is 0 Å². The number of allylic oxidation sites excluding steroid dienone is 1. The summed E-state index contributed by atoms with van der Waals surface area (Å²) in [6, 6.07) is 9.96. The highest BCUT2D eigenvalue weighted by Gasteiger charge is 2.44. The second kappa shape index (κ2) is 6.12. The van der Waals surface area contributed by atoms with Crippen molar-refractivity contribution in [1.82, 2.24) is 9.96 Å². The van der Waals surface area contributed by atoms with Crippen LogP contribution in [0.5, 0.6) is 0 Å². The topological polar surface area (TPSA) is 45.2 Å². The van der Waals surface area contributed by atoms with E-state index in [9.17, 15) is 5.11 Å². The van der Waals surface area contributed by atoms with Gasteiger partial charge in [0.05, 0.1) is 13.2 Å². The van der Waals surface area contributed by atoms with E-state index in [0.29, 0.717) is 19.8 Å². The van der Waals surface area contributed by atoms with Gasteiger partial charge in [0.2, 0.25) is 0 Å². The van der Waals surface area contributed by atoms with E-state index in [1.807, 2.05) is 37.3 Å². The summed E-state index contributed by atoms with van der Waals surface area (Å²) in [7, 11) is 0. The standard InChI is InChI=1S/C17H22N2O3/c1-14(2)19-13-16(20)12-17(22-19,15-6-4-3-5-7-15)18-8-10-21-11-9-18/h3-7,12,20H,1,8-11,13H2,2H3. The molecule has 0 spiro atoms. The summed E-state index contributed by atoms with van der Waals surface area (Å²) >= 11 is 0. The van der Waals surface area contributed by atoms with Gasteiger partial charge < -0.3 is 9.84 Å². The van der Waals surface area contributed by atoms with Crippen LogP contribution in [0.4, 0.5) is 0 Å². The number of morpholine rings is 1. The van der Waals surface area contributed by atoms with Crippen LogP contribution in [0.1, 0.15) is 12.5 Å². The molecule has 0 amide bonds. The van der Waals surface area contributed by atoms with Gasteiger partial charge >= 0.3 is 0 Å². The van der Waals surface area contributed by atoms with Crippen molar-refractivity contribution in [3.8, 4) is 0 Å². The maximum atomic E-state index is 10.3. The van der Waals surface area contributed by atoms with Crippen LogP contribution in [0.25, 0.3) is 0 Å². The van der Waals surface area contributed by atoms with Crippen molar-refractivity contribution in [1.29, 1.82) is 0 Å². The molecule has 0 bridgehead atoms. The lowest BCUT2D eigenvalue weighted by Gasteiger charge is -2.48. The Morgan fingerprint density at radius 2 is 1.91 bits per heavy atom. The van der Waals surface area contributed by atoms with Crippen molar-refractivity contribution < 1.29 is 14.7 Å². The normalized spacial score (nSPS) is 26.6. The molecular weight excluding hydrogens is 280 g/mol. The van der Waals surface area contributed by atoms with Crippen LogP contribution < -0.4 is 0 Å². The molecule has 5 heteroatoms. The third-order valence-electron chi connectivity index (χ3n) is 4.01. The van der Waals surface area contributed by atoms with E-state index in [-0.39, 0.29) is 5.76 Å². The second-order valence-corrected chi connectivity index (χ2v) is 5.66. The first kappa shape index (κ1) is 15.1. The third kappa shape index (κ3) is 2.75. The Labute approximate surface area is 131 Å². The van der Waals surface area contributed by atoms with Crippen LogP contribution in [0.15, 0.2) is 54.4 Å². The van der Waals surface area contributed by atoms with Crippen molar-refractivity contribution in [2.24, 2.45) is 0 Å². The molecule has 5 nitrogen and oxygen atoms in total. The summed E-state index contributed by atoms with van der Waals surface area (Å²) in [5, 5.41) is 11.9. The number of ether oxygens (including phenoxy) is 1. The van der Waals surface area contributed by atoms with Crippen LogP contribution in [0.2, 0.25) is 0 Å². The predicted molar refractivity (Wildman–Crippen MR) is 83.8 cm³/mol. The zero-order valence-electron chi connectivity index (χ0n) is 12.9. The Kier molecular flexibility index (Phi) is 4.20. The molecule has 2 aliphatic rings. The highest BCUT2D eigenvalue weighted by atomic mass is 16.7. The maximum absolute atomic E-state index is 10.3. The summed E-state index contributed by atoms with van der Waals surface area (Å²) in [6.45, 7) is 8.90. The number of aliphatic hydroxyl groups excluding tert-OH is 1. The van der Waals surface area contributed by atoms with Gasteiger partial charge in [-0.3, -0.25) is 4.90 Å². The number of benzene rings is 1. The van der Waals surface area contributed by atoms with Crippen LogP contribution in [0, 0.1) is 0 Å². The van der Waals surface area contributed by atoms with Gasteiger partial charge in [-0.25, -0.2) is 9.90 Å². The Hall–Kier alpha value is -1.82. The lowest BCUT2D eigenvalue weighted by molar-refractivity contribution is -0.285. The van der Waals surface area contributed by atoms with E-state index < -0.39 is 5.72 Å². The van der Waals surface area contributed by atoms with Crippen LogP contribution in [0.3, 0.4) is 0 Å². The molecule has 2 heterocycles. The Bertz CT molecular complexity index is 567. The first-order chi connectivity index (χ1) is 10.6. The number of hydroxylamine groups is 2. The number of aliphatic hydroxyl groups is 1. The average molecular weight is 302 g/mol. The summed E-state index contributed by atoms with van der Waals surface area (Å²) in [6.07, 6.45) is 1.80.